The number of benzene rings is 1. The molecule has 3 atom stereocenters. The summed E-state index contributed by atoms with van der Waals surface area (Å²) in [6.45, 7) is 10.9. The number of nitrogens with zero attached hydrogens (tertiary/aromatic N) is 2. The predicted octanol–water partition coefficient (Wildman–Crippen LogP) is 5.25. The van der Waals surface area contributed by atoms with Crippen molar-refractivity contribution in [1.82, 2.24) is 9.55 Å². The second-order valence-corrected chi connectivity index (χ2v) is 6.23. The summed E-state index contributed by atoms with van der Waals surface area (Å²) in [5.74, 6) is 1.59. The SMILES string of the molecule is CCC(C)C(C)n1c(C(C)Cl)nc2ccc(C)cc21. The van der Waals surface area contributed by atoms with E-state index in [1.807, 2.05) is 6.92 Å². The van der Waals surface area contributed by atoms with Crippen molar-refractivity contribution < 1.29 is 0 Å². The molecule has 1 aromatic heterocycles. The van der Waals surface area contributed by atoms with E-state index in [1.54, 1.807) is 0 Å². The van der Waals surface area contributed by atoms with E-state index in [2.05, 4.69) is 50.5 Å². The molecular formula is C16H23ClN2. The van der Waals surface area contributed by atoms with E-state index >= 15 is 0 Å². The van der Waals surface area contributed by atoms with Crippen LogP contribution in [0.5, 0.6) is 0 Å². The van der Waals surface area contributed by atoms with Gasteiger partial charge in [0.25, 0.3) is 0 Å². The van der Waals surface area contributed by atoms with Gasteiger partial charge in [-0.25, -0.2) is 4.98 Å². The molecule has 0 aliphatic heterocycles. The Morgan fingerprint density at radius 3 is 2.53 bits per heavy atom. The van der Waals surface area contributed by atoms with Crippen molar-refractivity contribution in [2.75, 3.05) is 0 Å². The van der Waals surface area contributed by atoms with Gasteiger partial charge in [0.2, 0.25) is 0 Å². The molecule has 0 N–H and O–H groups in total. The topological polar surface area (TPSA) is 17.8 Å². The summed E-state index contributed by atoms with van der Waals surface area (Å²) in [4.78, 5) is 4.72. The summed E-state index contributed by atoms with van der Waals surface area (Å²) < 4.78 is 2.33. The van der Waals surface area contributed by atoms with Gasteiger partial charge in [-0.3, -0.25) is 0 Å². The van der Waals surface area contributed by atoms with Gasteiger partial charge in [-0.15, -0.1) is 11.6 Å². The lowest BCUT2D eigenvalue weighted by atomic mass is 10.00. The van der Waals surface area contributed by atoms with Gasteiger partial charge in [-0.05, 0) is 44.4 Å². The number of fused-ring (bicyclic) bond motifs is 1. The summed E-state index contributed by atoms with van der Waals surface area (Å²) >= 11 is 6.33. The number of rotatable bonds is 4. The second kappa shape index (κ2) is 5.54. The van der Waals surface area contributed by atoms with Gasteiger partial charge in [0, 0.05) is 6.04 Å². The molecule has 0 bridgehead atoms. The first-order valence-corrected chi connectivity index (χ1v) is 7.51. The Morgan fingerprint density at radius 2 is 1.95 bits per heavy atom. The quantitative estimate of drug-likeness (QED) is 0.698. The number of aryl methyl sites for hydroxylation is 1. The number of alkyl halides is 1. The highest BCUT2D eigenvalue weighted by atomic mass is 35.5. The molecule has 0 saturated carbocycles. The van der Waals surface area contributed by atoms with Gasteiger partial charge in [0.05, 0.1) is 16.4 Å². The van der Waals surface area contributed by atoms with Crippen molar-refractivity contribution in [3.8, 4) is 0 Å². The van der Waals surface area contributed by atoms with Crippen LogP contribution < -0.4 is 0 Å². The maximum absolute atomic E-state index is 6.33. The Hall–Kier alpha value is -1.02. The van der Waals surface area contributed by atoms with Gasteiger partial charge in [0.1, 0.15) is 5.82 Å². The van der Waals surface area contributed by atoms with E-state index in [4.69, 9.17) is 16.6 Å². The van der Waals surface area contributed by atoms with Gasteiger partial charge in [-0.2, -0.15) is 0 Å². The fourth-order valence-corrected chi connectivity index (χ4v) is 2.68. The van der Waals surface area contributed by atoms with E-state index in [9.17, 15) is 0 Å². The van der Waals surface area contributed by atoms with Crippen LogP contribution in [0.25, 0.3) is 11.0 Å². The molecule has 0 aliphatic rings. The zero-order chi connectivity index (χ0) is 14.2. The summed E-state index contributed by atoms with van der Waals surface area (Å²) in [5.41, 5.74) is 3.51. The molecule has 2 rings (SSSR count). The Morgan fingerprint density at radius 1 is 1.26 bits per heavy atom. The Labute approximate surface area is 120 Å². The van der Waals surface area contributed by atoms with Crippen molar-refractivity contribution in [1.29, 1.82) is 0 Å². The standard InChI is InChI=1S/C16H23ClN2/c1-6-11(3)13(5)19-15-9-10(2)7-8-14(15)18-16(19)12(4)17/h7-9,11-13H,6H2,1-5H3. The van der Waals surface area contributed by atoms with Gasteiger partial charge >= 0.3 is 0 Å². The van der Waals surface area contributed by atoms with Gasteiger partial charge in [-0.1, -0.05) is 26.3 Å². The maximum Gasteiger partial charge on any atom is 0.127 e. The molecule has 0 aliphatic carbocycles. The summed E-state index contributed by atoms with van der Waals surface area (Å²) in [7, 11) is 0. The van der Waals surface area contributed by atoms with Crippen LogP contribution in [0.3, 0.4) is 0 Å². The van der Waals surface area contributed by atoms with E-state index in [1.165, 1.54) is 11.1 Å². The number of imidazole rings is 1. The van der Waals surface area contributed by atoms with Crippen molar-refractivity contribution in [2.24, 2.45) is 5.92 Å². The largest absolute Gasteiger partial charge is 0.324 e. The predicted molar refractivity (Wildman–Crippen MR) is 82.9 cm³/mol. The van der Waals surface area contributed by atoms with Crippen molar-refractivity contribution >= 4 is 22.6 Å². The molecular weight excluding hydrogens is 256 g/mol. The molecule has 1 aromatic carbocycles. The number of hydrogen-bond acceptors (Lipinski definition) is 1. The molecule has 0 amide bonds. The minimum Gasteiger partial charge on any atom is -0.324 e. The number of aromatic nitrogens is 2. The van der Waals surface area contributed by atoms with Crippen molar-refractivity contribution in [2.45, 2.75) is 52.5 Å². The molecule has 2 aromatic rings. The van der Waals surface area contributed by atoms with Crippen LogP contribution in [0.2, 0.25) is 0 Å². The lowest BCUT2D eigenvalue weighted by Crippen LogP contribution is -2.16. The minimum atomic E-state index is -0.0702. The van der Waals surface area contributed by atoms with Crippen LogP contribution in [0, 0.1) is 12.8 Å². The van der Waals surface area contributed by atoms with E-state index in [0.717, 1.165) is 17.8 Å². The Bertz CT molecular complexity index is 571. The molecule has 2 nitrogen and oxygen atoms in total. The summed E-state index contributed by atoms with van der Waals surface area (Å²) in [6.07, 6.45) is 1.16. The first-order valence-electron chi connectivity index (χ1n) is 7.08. The Kier molecular flexibility index (Phi) is 4.19. The molecule has 0 saturated heterocycles. The molecule has 0 spiro atoms. The minimum absolute atomic E-state index is 0.0702. The smallest absolute Gasteiger partial charge is 0.127 e. The molecule has 104 valence electrons. The van der Waals surface area contributed by atoms with Gasteiger partial charge < -0.3 is 4.57 Å². The highest BCUT2D eigenvalue weighted by Crippen LogP contribution is 2.32. The van der Waals surface area contributed by atoms with Crippen LogP contribution in [0.4, 0.5) is 0 Å². The fourth-order valence-electron chi connectivity index (χ4n) is 2.53. The average Bonchev–Trinajstić information content (AvgIpc) is 2.75. The fraction of sp³-hybridized carbons (Fsp3) is 0.562. The van der Waals surface area contributed by atoms with E-state index in [-0.39, 0.29) is 5.38 Å². The normalized spacial score (nSPS) is 16.5. The average molecular weight is 279 g/mol. The first-order chi connectivity index (χ1) is 8.95. The van der Waals surface area contributed by atoms with Crippen LogP contribution in [-0.2, 0) is 0 Å². The molecule has 19 heavy (non-hydrogen) atoms. The first kappa shape index (κ1) is 14.4. The number of hydrogen-bond donors (Lipinski definition) is 0. The van der Waals surface area contributed by atoms with Crippen molar-refractivity contribution in [3.63, 3.8) is 0 Å². The third kappa shape index (κ3) is 2.64. The highest BCUT2D eigenvalue weighted by Gasteiger charge is 2.21. The van der Waals surface area contributed by atoms with Crippen molar-refractivity contribution in [3.05, 3.63) is 29.6 Å². The van der Waals surface area contributed by atoms with Crippen LogP contribution in [0.15, 0.2) is 18.2 Å². The lowest BCUT2D eigenvalue weighted by molar-refractivity contribution is 0.369. The molecule has 0 fully saturated rings. The molecule has 0 radical (unpaired) electrons. The zero-order valence-corrected chi connectivity index (χ0v) is 13.2. The molecule has 1 heterocycles. The Balaban J connectivity index is 2.66. The molecule has 3 unspecified atom stereocenters. The number of halogens is 1. The third-order valence-electron chi connectivity index (χ3n) is 4.10. The molecule has 3 heteroatoms. The van der Waals surface area contributed by atoms with Crippen LogP contribution in [-0.4, -0.2) is 9.55 Å². The summed E-state index contributed by atoms with van der Waals surface area (Å²) in [5, 5.41) is -0.0702. The van der Waals surface area contributed by atoms with Crippen LogP contribution in [0.1, 0.15) is 56.9 Å². The zero-order valence-electron chi connectivity index (χ0n) is 12.4. The summed E-state index contributed by atoms with van der Waals surface area (Å²) in [6, 6.07) is 6.82. The highest BCUT2D eigenvalue weighted by molar-refractivity contribution is 6.20. The monoisotopic (exact) mass is 278 g/mol. The third-order valence-corrected chi connectivity index (χ3v) is 4.30. The van der Waals surface area contributed by atoms with Gasteiger partial charge in [0.15, 0.2) is 0 Å². The van der Waals surface area contributed by atoms with Crippen LogP contribution >= 0.6 is 11.6 Å². The van der Waals surface area contributed by atoms with E-state index in [0.29, 0.717) is 12.0 Å². The second-order valence-electron chi connectivity index (χ2n) is 5.57. The van der Waals surface area contributed by atoms with E-state index < -0.39 is 0 Å². The maximum atomic E-state index is 6.33. The lowest BCUT2D eigenvalue weighted by Gasteiger charge is -2.24.